The average molecular weight is 403 g/mol. The Hall–Kier alpha value is -3.36. The Bertz CT molecular complexity index is 785. The summed E-state index contributed by atoms with van der Waals surface area (Å²) in [5, 5.41) is 47.8. The van der Waals surface area contributed by atoms with Gasteiger partial charge < -0.3 is 30.8 Å². The van der Waals surface area contributed by atoms with E-state index in [1.165, 1.54) is 23.8 Å². The van der Waals surface area contributed by atoms with Crippen molar-refractivity contribution in [3.05, 3.63) is 71.8 Å². The van der Waals surface area contributed by atoms with Crippen LogP contribution < -0.4 is 5.32 Å². The molecule has 8 nitrogen and oxygen atoms in total. The van der Waals surface area contributed by atoms with Crippen LogP contribution in [0.5, 0.6) is 11.5 Å². The van der Waals surface area contributed by atoms with E-state index in [1.54, 1.807) is 0 Å². The minimum atomic E-state index is -1.26. The third kappa shape index (κ3) is 10.5. The molecule has 29 heavy (non-hydrogen) atoms. The lowest BCUT2D eigenvalue weighted by molar-refractivity contribution is -0.134. The first-order valence-electron chi connectivity index (χ1n) is 8.79. The molecular formula is C21H25NO7. The smallest absolute Gasteiger partial charge is 0.328 e. The van der Waals surface area contributed by atoms with Gasteiger partial charge >= 0.3 is 11.9 Å². The van der Waals surface area contributed by atoms with Crippen molar-refractivity contribution in [1.82, 2.24) is 5.32 Å². The predicted octanol–water partition coefficient (Wildman–Crippen LogP) is 2.06. The van der Waals surface area contributed by atoms with Crippen LogP contribution in [0.15, 0.2) is 60.7 Å². The molecule has 8 heteroatoms. The topological polar surface area (TPSA) is 147 Å². The Morgan fingerprint density at radius 1 is 0.966 bits per heavy atom. The second-order valence-corrected chi connectivity index (χ2v) is 6.31. The molecule has 0 spiro atoms. The molecule has 0 bridgehead atoms. The van der Waals surface area contributed by atoms with Gasteiger partial charge in [-0.2, -0.15) is 0 Å². The monoisotopic (exact) mass is 403 g/mol. The molecule has 2 rings (SSSR count). The summed E-state index contributed by atoms with van der Waals surface area (Å²) >= 11 is 0. The Kier molecular flexibility index (Phi) is 9.94. The van der Waals surface area contributed by atoms with Gasteiger partial charge in [-0.1, -0.05) is 30.3 Å². The minimum absolute atomic E-state index is 0.0543. The highest BCUT2D eigenvalue weighted by molar-refractivity contribution is 5.89. The van der Waals surface area contributed by atoms with Gasteiger partial charge in [0.1, 0.15) is 11.5 Å². The molecule has 0 aromatic heterocycles. The maximum atomic E-state index is 10.1. The van der Waals surface area contributed by atoms with Gasteiger partial charge in [0.2, 0.25) is 0 Å². The predicted molar refractivity (Wildman–Crippen MR) is 107 cm³/mol. The number of carboxylic acids is 2. The number of aliphatic hydroxyl groups is 1. The van der Waals surface area contributed by atoms with E-state index in [1.807, 2.05) is 18.2 Å². The molecule has 6 N–H and O–H groups in total. The van der Waals surface area contributed by atoms with Gasteiger partial charge in [-0.15, -0.1) is 0 Å². The molecule has 0 aliphatic heterocycles. The maximum absolute atomic E-state index is 10.1. The number of phenolic OH excluding ortho intramolecular Hbond substituents is 2. The standard InChI is InChI=1S/C17H21NO3.C4H4O4/c1-12(7-13-5-3-2-4-6-13)18-11-17(21)14-8-15(19)10-16(20)9-14;5-3(6)1-2-4(7)8/h2-6,8-10,12,17-21H,7,11H2,1H3;1-2H,(H,5,6)(H,7,8)/b;2-1+/t12-,17-;/m1./s1. The zero-order valence-electron chi connectivity index (χ0n) is 15.9. The van der Waals surface area contributed by atoms with Gasteiger partial charge in [0.15, 0.2) is 0 Å². The highest BCUT2D eigenvalue weighted by Crippen LogP contribution is 2.24. The SMILES string of the molecule is C[C@H](Cc1ccccc1)NC[C@@H](O)c1cc(O)cc(O)c1.O=C(O)/C=C/C(=O)O. The molecule has 0 saturated carbocycles. The lowest BCUT2D eigenvalue weighted by Crippen LogP contribution is -2.32. The van der Waals surface area contributed by atoms with Gasteiger partial charge in [-0.3, -0.25) is 0 Å². The molecule has 0 heterocycles. The average Bonchev–Trinajstić information content (AvgIpc) is 2.65. The number of aliphatic hydroxyl groups excluding tert-OH is 1. The minimum Gasteiger partial charge on any atom is -0.508 e. The zero-order chi connectivity index (χ0) is 21.8. The third-order valence-corrected chi connectivity index (χ3v) is 3.72. The van der Waals surface area contributed by atoms with Crippen LogP contribution in [0.25, 0.3) is 0 Å². The molecule has 2 aromatic rings. The van der Waals surface area contributed by atoms with Crippen molar-refractivity contribution in [1.29, 1.82) is 0 Å². The number of carboxylic acid groups (broad SMARTS) is 2. The van der Waals surface area contributed by atoms with Crippen molar-refractivity contribution in [2.75, 3.05) is 6.54 Å². The number of hydrogen-bond acceptors (Lipinski definition) is 6. The summed E-state index contributed by atoms with van der Waals surface area (Å²) in [6, 6.07) is 14.5. The molecular weight excluding hydrogens is 378 g/mol. The van der Waals surface area contributed by atoms with Crippen LogP contribution in [-0.2, 0) is 16.0 Å². The molecule has 0 amide bonds. The van der Waals surface area contributed by atoms with Gasteiger partial charge in [0.05, 0.1) is 6.10 Å². The van der Waals surface area contributed by atoms with Crippen LogP contribution in [-0.4, -0.2) is 50.1 Å². The fraction of sp³-hybridized carbons (Fsp3) is 0.238. The van der Waals surface area contributed by atoms with Crippen molar-refractivity contribution in [3.8, 4) is 11.5 Å². The van der Waals surface area contributed by atoms with Crippen LogP contribution in [0.3, 0.4) is 0 Å². The summed E-state index contributed by atoms with van der Waals surface area (Å²) in [6.07, 6.45) is 1.21. The summed E-state index contributed by atoms with van der Waals surface area (Å²) in [5.74, 6) is -2.62. The highest BCUT2D eigenvalue weighted by Gasteiger charge is 2.11. The Morgan fingerprint density at radius 3 is 1.97 bits per heavy atom. The Morgan fingerprint density at radius 2 is 1.48 bits per heavy atom. The molecule has 2 atom stereocenters. The molecule has 0 unspecified atom stereocenters. The number of benzene rings is 2. The molecule has 0 aliphatic rings. The van der Waals surface area contributed by atoms with Gasteiger partial charge in [-0.25, -0.2) is 9.59 Å². The normalized spacial score (nSPS) is 12.6. The highest BCUT2D eigenvalue weighted by atomic mass is 16.4. The van der Waals surface area contributed by atoms with Crippen molar-refractivity contribution in [2.24, 2.45) is 0 Å². The second kappa shape index (κ2) is 12.2. The Balaban J connectivity index is 0.000000447. The number of rotatable bonds is 8. The van der Waals surface area contributed by atoms with Crippen LogP contribution in [0, 0.1) is 0 Å². The third-order valence-electron chi connectivity index (χ3n) is 3.72. The van der Waals surface area contributed by atoms with Crippen LogP contribution >= 0.6 is 0 Å². The summed E-state index contributed by atoms with van der Waals surface area (Å²) in [5.41, 5.74) is 1.73. The van der Waals surface area contributed by atoms with Crippen molar-refractivity contribution in [2.45, 2.75) is 25.5 Å². The number of aliphatic carboxylic acids is 2. The molecule has 2 aromatic carbocycles. The maximum Gasteiger partial charge on any atom is 0.328 e. The lowest BCUT2D eigenvalue weighted by atomic mass is 10.1. The van der Waals surface area contributed by atoms with Crippen LogP contribution in [0.4, 0.5) is 0 Å². The quantitative estimate of drug-likeness (QED) is 0.367. The molecule has 0 fully saturated rings. The first-order valence-corrected chi connectivity index (χ1v) is 8.79. The number of nitrogens with one attached hydrogen (secondary N) is 1. The number of aromatic hydroxyl groups is 2. The van der Waals surface area contributed by atoms with Gasteiger partial charge in [-0.05, 0) is 36.6 Å². The summed E-state index contributed by atoms with van der Waals surface area (Å²) in [4.78, 5) is 19.1. The van der Waals surface area contributed by atoms with Gasteiger partial charge in [0.25, 0.3) is 0 Å². The second-order valence-electron chi connectivity index (χ2n) is 6.31. The number of carbonyl (C=O) groups is 2. The van der Waals surface area contributed by atoms with E-state index in [2.05, 4.69) is 24.4 Å². The van der Waals surface area contributed by atoms with E-state index >= 15 is 0 Å². The van der Waals surface area contributed by atoms with E-state index in [0.29, 0.717) is 24.3 Å². The molecule has 0 aliphatic carbocycles. The van der Waals surface area contributed by atoms with E-state index in [0.717, 1.165) is 6.42 Å². The first-order chi connectivity index (χ1) is 13.7. The van der Waals surface area contributed by atoms with E-state index < -0.39 is 18.0 Å². The number of phenols is 2. The van der Waals surface area contributed by atoms with Crippen molar-refractivity contribution in [3.63, 3.8) is 0 Å². The Labute approximate surface area is 168 Å². The van der Waals surface area contributed by atoms with E-state index in [-0.39, 0.29) is 17.5 Å². The first kappa shape index (κ1) is 23.7. The fourth-order valence-electron chi connectivity index (χ4n) is 2.42. The molecule has 0 radical (unpaired) electrons. The largest absolute Gasteiger partial charge is 0.508 e. The van der Waals surface area contributed by atoms with Gasteiger partial charge in [0, 0.05) is 30.8 Å². The van der Waals surface area contributed by atoms with E-state index in [4.69, 9.17) is 10.2 Å². The molecule has 156 valence electrons. The summed E-state index contributed by atoms with van der Waals surface area (Å²) in [7, 11) is 0. The van der Waals surface area contributed by atoms with Crippen molar-refractivity contribution < 1.29 is 35.1 Å². The fourth-order valence-corrected chi connectivity index (χ4v) is 2.42. The van der Waals surface area contributed by atoms with E-state index in [9.17, 15) is 24.9 Å². The zero-order valence-corrected chi connectivity index (χ0v) is 15.9. The van der Waals surface area contributed by atoms with Crippen LogP contribution in [0.1, 0.15) is 24.2 Å². The lowest BCUT2D eigenvalue weighted by Gasteiger charge is -2.18. The van der Waals surface area contributed by atoms with Crippen LogP contribution in [0.2, 0.25) is 0 Å². The molecule has 0 saturated heterocycles. The summed E-state index contributed by atoms with van der Waals surface area (Å²) < 4.78 is 0. The summed E-state index contributed by atoms with van der Waals surface area (Å²) in [6.45, 7) is 2.41. The van der Waals surface area contributed by atoms with Crippen molar-refractivity contribution >= 4 is 11.9 Å². The number of hydrogen-bond donors (Lipinski definition) is 6.